The van der Waals surface area contributed by atoms with Crippen molar-refractivity contribution in [3.8, 4) is 0 Å². The number of furan rings is 1. The van der Waals surface area contributed by atoms with Crippen LogP contribution in [0.1, 0.15) is 43.4 Å². The van der Waals surface area contributed by atoms with Crippen molar-refractivity contribution in [2.45, 2.75) is 19.5 Å². The molecule has 0 bridgehead atoms. The van der Waals surface area contributed by atoms with E-state index in [9.17, 15) is 9.59 Å². The Morgan fingerprint density at radius 1 is 1.03 bits per heavy atom. The average Bonchev–Trinajstić information content (AvgIpc) is 3.23. The standard InChI is InChI=1S/C26H28N2O4.ClH/c1-27(14-15-31-2)17-23-16-22-12-13-28(18-24(22)32-23)26(30)21-10-8-20(9-11-21)25(29)19-6-4-3-5-7-19;/h3-11,16H,12-15,17-18H2,1-2H3;1H. The van der Waals surface area contributed by atoms with Crippen LogP contribution in [0.15, 0.2) is 65.1 Å². The molecule has 1 aromatic heterocycles. The van der Waals surface area contributed by atoms with Gasteiger partial charge >= 0.3 is 0 Å². The molecule has 7 heteroatoms. The molecule has 1 amide bonds. The van der Waals surface area contributed by atoms with E-state index in [0.29, 0.717) is 42.9 Å². The van der Waals surface area contributed by atoms with Gasteiger partial charge in [-0.3, -0.25) is 14.5 Å². The number of fused-ring (bicyclic) bond motifs is 1. The molecule has 3 aromatic rings. The minimum atomic E-state index is -0.0514. The van der Waals surface area contributed by atoms with Gasteiger partial charge < -0.3 is 14.1 Å². The van der Waals surface area contributed by atoms with Crippen LogP contribution in [0.3, 0.4) is 0 Å². The first-order chi connectivity index (χ1) is 15.5. The predicted molar refractivity (Wildman–Crippen MR) is 129 cm³/mol. The third-order valence-electron chi connectivity index (χ3n) is 5.75. The van der Waals surface area contributed by atoms with E-state index in [1.165, 1.54) is 5.56 Å². The van der Waals surface area contributed by atoms with E-state index >= 15 is 0 Å². The van der Waals surface area contributed by atoms with Crippen molar-refractivity contribution in [3.63, 3.8) is 0 Å². The summed E-state index contributed by atoms with van der Waals surface area (Å²) >= 11 is 0. The number of methoxy groups -OCH3 is 1. The fraction of sp³-hybridized carbons (Fsp3) is 0.308. The quantitative estimate of drug-likeness (QED) is 0.463. The molecule has 0 fully saturated rings. The first-order valence-electron chi connectivity index (χ1n) is 10.8. The topological polar surface area (TPSA) is 63.0 Å². The predicted octanol–water partition coefficient (Wildman–Crippen LogP) is 4.21. The lowest BCUT2D eigenvalue weighted by Gasteiger charge is -2.26. The molecule has 2 heterocycles. The van der Waals surface area contributed by atoms with E-state index in [-0.39, 0.29) is 24.1 Å². The van der Waals surface area contributed by atoms with Crippen molar-refractivity contribution in [2.75, 3.05) is 33.9 Å². The number of nitrogens with zero attached hydrogens (tertiary/aromatic N) is 2. The Kier molecular flexibility index (Phi) is 8.44. The first kappa shape index (κ1) is 24.7. The highest BCUT2D eigenvalue weighted by molar-refractivity contribution is 6.09. The number of ether oxygens (including phenoxy) is 1. The summed E-state index contributed by atoms with van der Waals surface area (Å²) in [5.74, 6) is 1.66. The number of amides is 1. The van der Waals surface area contributed by atoms with Gasteiger partial charge in [0.2, 0.25) is 0 Å². The third kappa shape index (κ3) is 5.90. The lowest BCUT2D eigenvalue weighted by Crippen LogP contribution is -2.35. The van der Waals surface area contributed by atoms with E-state index < -0.39 is 0 Å². The number of ketones is 1. The van der Waals surface area contributed by atoms with Gasteiger partial charge in [0.05, 0.1) is 19.7 Å². The zero-order valence-corrected chi connectivity index (χ0v) is 19.8. The molecule has 0 saturated carbocycles. The summed E-state index contributed by atoms with van der Waals surface area (Å²) in [6, 6.07) is 18.1. The van der Waals surface area contributed by atoms with Crippen molar-refractivity contribution >= 4 is 24.1 Å². The van der Waals surface area contributed by atoms with Crippen LogP contribution in [0.25, 0.3) is 0 Å². The van der Waals surface area contributed by atoms with Gasteiger partial charge in [-0.05, 0) is 37.2 Å². The lowest BCUT2D eigenvalue weighted by atomic mass is 10.0. The summed E-state index contributed by atoms with van der Waals surface area (Å²) < 4.78 is 11.2. The molecule has 0 saturated heterocycles. The molecule has 0 unspecified atom stereocenters. The summed E-state index contributed by atoms with van der Waals surface area (Å²) in [5.41, 5.74) is 2.95. The Labute approximate surface area is 200 Å². The summed E-state index contributed by atoms with van der Waals surface area (Å²) in [5, 5.41) is 0. The second-order valence-electron chi connectivity index (χ2n) is 8.14. The van der Waals surface area contributed by atoms with Crippen LogP contribution in [0, 0.1) is 0 Å². The van der Waals surface area contributed by atoms with Crippen LogP contribution < -0.4 is 0 Å². The van der Waals surface area contributed by atoms with Crippen LogP contribution in [0.5, 0.6) is 0 Å². The van der Waals surface area contributed by atoms with Crippen molar-refractivity contribution < 1.29 is 18.7 Å². The van der Waals surface area contributed by atoms with E-state index in [1.807, 2.05) is 25.2 Å². The van der Waals surface area contributed by atoms with Crippen LogP contribution in [-0.4, -0.2) is 55.3 Å². The summed E-state index contributed by atoms with van der Waals surface area (Å²) in [4.78, 5) is 29.6. The summed E-state index contributed by atoms with van der Waals surface area (Å²) in [6.45, 7) is 3.32. The number of hydrogen-bond acceptors (Lipinski definition) is 5. The Hall–Kier alpha value is -2.93. The maximum absolute atomic E-state index is 13.0. The lowest BCUT2D eigenvalue weighted by molar-refractivity contribution is 0.0718. The number of benzene rings is 2. The molecule has 0 radical (unpaired) electrons. The molecular weight excluding hydrogens is 440 g/mol. The first-order valence-corrected chi connectivity index (χ1v) is 10.8. The Morgan fingerprint density at radius 3 is 2.39 bits per heavy atom. The number of hydrogen-bond donors (Lipinski definition) is 0. The molecule has 0 N–H and O–H groups in total. The summed E-state index contributed by atoms with van der Waals surface area (Å²) in [7, 11) is 3.72. The molecule has 0 atom stereocenters. The van der Waals surface area contributed by atoms with E-state index in [4.69, 9.17) is 9.15 Å². The molecule has 6 nitrogen and oxygen atoms in total. The van der Waals surface area contributed by atoms with Gasteiger partial charge in [0.25, 0.3) is 5.91 Å². The highest BCUT2D eigenvalue weighted by Crippen LogP contribution is 2.25. The molecule has 2 aromatic carbocycles. The largest absolute Gasteiger partial charge is 0.463 e. The highest BCUT2D eigenvalue weighted by atomic mass is 35.5. The Bertz CT molecular complexity index is 1080. The second kappa shape index (κ2) is 11.3. The second-order valence-corrected chi connectivity index (χ2v) is 8.14. The molecule has 0 aliphatic carbocycles. The van der Waals surface area contributed by atoms with Crippen LogP contribution in [0.4, 0.5) is 0 Å². The molecule has 174 valence electrons. The smallest absolute Gasteiger partial charge is 0.254 e. The van der Waals surface area contributed by atoms with Crippen LogP contribution in [-0.2, 0) is 24.2 Å². The summed E-state index contributed by atoms with van der Waals surface area (Å²) in [6.07, 6.45) is 0.775. The van der Waals surface area contributed by atoms with Gasteiger partial charge in [-0.1, -0.05) is 42.5 Å². The normalized spacial score (nSPS) is 12.9. The number of halogens is 1. The minimum absolute atomic E-state index is 0. The highest BCUT2D eigenvalue weighted by Gasteiger charge is 2.25. The van der Waals surface area contributed by atoms with Crippen molar-refractivity contribution in [3.05, 3.63) is 94.4 Å². The van der Waals surface area contributed by atoms with E-state index in [2.05, 4.69) is 11.0 Å². The SMILES string of the molecule is COCCN(C)Cc1cc2c(o1)CN(C(=O)c1ccc(C(=O)c3ccccc3)cc1)CC2.Cl. The minimum Gasteiger partial charge on any atom is -0.463 e. The average molecular weight is 469 g/mol. The molecule has 4 rings (SSSR count). The van der Waals surface area contributed by atoms with Gasteiger partial charge in [0, 0.05) is 36.9 Å². The van der Waals surface area contributed by atoms with Gasteiger partial charge in [0.15, 0.2) is 5.78 Å². The molecule has 1 aliphatic heterocycles. The fourth-order valence-electron chi connectivity index (χ4n) is 3.93. The van der Waals surface area contributed by atoms with Crippen molar-refractivity contribution in [1.82, 2.24) is 9.80 Å². The van der Waals surface area contributed by atoms with Crippen molar-refractivity contribution in [2.24, 2.45) is 0 Å². The number of carbonyl (C=O) groups is 2. The van der Waals surface area contributed by atoms with Crippen LogP contribution >= 0.6 is 12.4 Å². The molecular formula is C26H29ClN2O4. The van der Waals surface area contributed by atoms with Gasteiger partial charge in [0.1, 0.15) is 11.5 Å². The zero-order valence-electron chi connectivity index (χ0n) is 19.0. The van der Waals surface area contributed by atoms with E-state index in [0.717, 1.165) is 24.5 Å². The van der Waals surface area contributed by atoms with Gasteiger partial charge in [-0.2, -0.15) is 0 Å². The maximum atomic E-state index is 13.0. The van der Waals surface area contributed by atoms with Crippen molar-refractivity contribution in [1.29, 1.82) is 0 Å². The monoisotopic (exact) mass is 468 g/mol. The third-order valence-corrected chi connectivity index (χ3v) is 5.75. The number of carbonyl (C=O) groups excluding carboxylic acids is 2. The number of rotatable bonds is 8. The fourth-order valence-corrected chi connectivity index (χ4v) is 3.93. The number of likely N-dealkylation sites (N-methyl/N-ethyl adjacent to an activating group) is 1. The van der Waals surface area contributed by atoms with Crippen LogP contribution in [0.2, 0.25) is 0 Å². The Morgan fingerprint density at radius 2 is 1.70 bits per heavy atom. The molecule has 0 spiro atoms. The zero-order chi connectivity index (χ0) is 22.5. The van der Waals surface area contributed by atoms with E-state index in [1.54, 1.807) is 48.4 Å². The van der Waals surface area contributed by atoms with Gasteiger partial charge in [-0.25, -0.2) is 0 Å². The molecule has 33 heavy (non-hydrogen) atoms. The maximum Gasteiger partial charge on any atom is 0.254 e. The van der Waals surface area contributed by atoms with Gasteiger partial charge in [-0.15, -0.1) is 12.4 Å². The Balaban J connectivity index is 0.00000306. The molecule has 1 aliphatic rings.